The van der Waals surface area contributed by atoms with Crippen molar-refractivity contribution in [1.29, 1.82) is 0 Å². The van der Waals surface area contributed by atoms with Gasteiger partial charge in [0.1, 0.15) is 0 Å². The lowest BCUT2D eigenvalue weighted by Crippen LogP contribution is -2.20. The number of rotatable bonds is 8. The first kappa shape index (κ1) is 16.1. The van der Waals surface area contributed by atoms with Gasteiger partial charge < -0.3 is 14.8 Å². The minimum atomic E-state index is 0.799. The van der Waals surface area contributed by atoms with Gasteiger partial charge in [-0.25, -0.2) is 0 Å². The number of nitrogens with one attached hydrogen (secondary N) is 1. The van der Waals surface area contributed by atoms with Crippen LogP contribution in [-0.2, 0) is 6.54 Å². The second-order valence-corrected chi connectivity index (χ2v) is 5.82. The van der Waals surface area contributed by atoms with Crippen molar-refractivity contribution in [3.63, 3.8) is 0 Å². The van der Waals surface area contributed by atoms with E-state index in [-0.39, 0.29) is 0 Å². The predicted octanol–water partition coefficient (Wildman–Crippen LogP) is 2.53. The van der Waals surface area contributed by atoms with E-state index in [4.69, 9.17) is 9.47 Å². The first-order valence-electron chi connectivity index (χ1n) is 7.84. The third-order valence-electron chi connectivity index (χ3n) is 4.26. The van der Waals surface area contributed by atoms with Crippen molar-refractivity contribution in [2.24, 2.45) is 5.92 Å². The fraction of sp³-hybridized carbons (Fsp3) is 0.647. The number of hydrogen-bond acceptors (Lipinski definition) is 4. The Hall–Kier alpha value is -1.26. The van der Waals surface area contributed by atoms with Crippen LogP contribution in [0.4, 0.5) is 0 Å². The normalized spacial score (nSPS) is 18.9. The number of methoxy groups -OCH3 is 2. The smallest absolute Gasteiger partial charge is 0.161 e. The molecule has 1 aliphatic heterocycles. The summed E-state index contributed by atoms with van der Waals surface area (Å²) in [6.45, 7) is 4.56. The van der Waals surface area contributed by atoms with Gasteiger partial charge in [0, 0.05) is 13.1 Å². The van der Waals surface area contributed by atoms with Crippen LogP contribution >= 0.6 is 0 Å². The molecule has 0 aromatic heterocycles. The van der Waals surface area contributed by atoms with E-state index >= 15 is 0 Å². The molecule has 1 saturated heterocycles. The molecular formula is C17H28N2O2. The van der Waals surface area contributed by atoms with E-state index in [1.165, 1.54) is 37.9 Å². The van der Waals surface area contributed by atoms with Crippen LogP contribution in [0.5, 0.6) is 11.5 Å². The third-order valence-corrected chi connectivity index (χ3v) is 4.26. The molecule has 1 aromatic carbocycles. The van der Waals surface area contributed by atoms with Gasteiger partial charge in [0.05, 0.1) is 14.2 Å². The van der Waals surface area contributed by atoms with E-state index in [2.05, 4.69) is 22.3 Å². The van der Waals surface area contributed by atoms with E-state index < -0.39 is 0 Å². The Morgan fingerprint density at radius 3 is 2.76 bits per heavy atom. The first-order valence-corrected chi connectivity index (χ1v) is 7.84. The largest absolute Gasteiger partial charge is 0.493 e. The van der Waals surface area contributed by atoms with Crippen LogP contribution in [0.25, 0.3) is 0 Å². The van der Waals surface area contributed by atoms with Gasteiger partial charge in [0.25, 0.3) is 0 Å². The summed E-state index contributed by atoms with van der Waals surface area (Å²) in [4.78, 5) is 2.55. The van der Waals surface area contributed by atoms with Crippen molar-refractivity contribution in [3.05, 3.63) is 23.8 Å². The summed E-state index contributed by atoms with van der Waals surface area (Å²) in [5, 5.41) is 3.23. The van der Waals surface area contributed by atoms with Crippen LogP contribution < -0.4 is 14.8 Å². The van der Waals surface area contributed by atoms with Gasteiger partial charge in [0.2, 0.25) is 0 Å². The highest BCUT2D eigenvalue weighted by Gasteiger charge is 2.22. The van der Waals surface area contributed by atoms with E-state index in [1.54, 1.807) is 14.2 Å². The van der Waals surface area contributed by atoms with Crippen LogP contribution in [0.3, 0.4) is 0 Å². The van der Waals surface area contributed by atoms with E-state index in [0.717, 1.165) is 30.5 Å². The van der Waals surface area contributed by atoms with Crippen LogP contribution in [0.15, 0.2) is 18.2 Å². The zero-order valence-corrected chi connectivity index (χ0v) is 13.5. The maximum atomic E-state index is 5.38. The summed E-state index contributed by atoms with van der Waals surface area (Å²) in [6.07, 6.45) is 3.95. The molecule has 1 aliphatic rings. The second-order valence-electron chi connectivity index (χ2n) is 5.82. The summed E-state index contributed by atoms with van der Waals surface area (Å²) in [5.74, 6) is 2.48. The van der Waals surface area contributed by atoms with Crippen molar-refractivity contribution >= 4 is 0 Å². The molecule has 0 bridgehead atoms. The molecule has 21 heavy (non-hydrogen) atoms. The molecule has 0 aliphatic carbocycles. The van der Waals surface area contributed by atoms with Crippen LogP contribution in [-0.4, -0.2) is 45.8 Å². The molecule has 4 heteroatoms. The number of nitrogens with zero attached hydrogens (tertiary/aromatic N) is 1. The summed E-state index contributed by atoms with van der Waals surface area (Å²) >= 11 is 0. The third kappa shape index (κ3) is 4.61. The predicted molar refractivity (Wildman–Crippen MR) is 86.1 cm³/mol. The summed E-state index contributed by atoms with van der Waals surface area (Å²) < 4.78 is 10.7. The molecule has 1 heterocycles. The number of ether oxygens (including phenoxy) is 2. The Labute approximate surface area is 128 Å². The zero-order chi connectivity index (χ0) is 15.1. The second kappa shape index (κ2) is 8.25. The van der Waals surface area contributed by atoms with Gasteiger partial charge in [-0.15, -0.1) is 0 Å². The van der Waals surface area contributed by atoms with Gasteiger partial charge in [-0.1, -0.05) is 6.07 Å². The van der Waals surface area contributed by atoms with E-state index in [9.17, 15) is 0 Å². The molecule has 2 rings (SSSR count). The lowest BCUT2D eigenvalue weighted by Gasteiger charge is -2.17. The lowest BCUT2D eigenvalue weighted by molar-refractivity contribution is 0.310. The molecule has 1 aromatic rings. The van der Waals surface area contributed by atoms with Gasteiger partial charge in [0.15, 0.2) is 11.5 Å². The van der Waals surface area contributed by atoms with Crippen molar-refractivity contribution in [1.82, 2.24) is 10.2 Å². The maximum Gasteiger partial charge on any atom is 0.161 e. The fourth-order valence-corrected chi connectivity index (χ4v) is 3.10. The highest BCUT2D eigenvalue weighted by atomic mass is 16.5. The molecule has 0 saturated carbocycles. The Balaban J connectivity index is 1.85. The molecule has 0 spiro atoms. The van der Waals surface area contributed by atoms with Gasteiger partial charge in [-0.05, 0) is 63.0 Å². The number of benzene rings is 1. The number of hydrogen-bond donors (Lipinski definition) is 1. The summed E-state index contributed by atoms with van der Waals surface area (Å²) in [6, 6.07) is 6.22. The maximum absolute atomic E-state index is 5.38. The van der Waals surface area contributed by atoms with Crippen LogP contribution in [0, 0.1) is 5.92 Å². The standard InChI is InChI=1S/C17H28N2O2/c1-18-9-4-5-14-8-10-19(12-14)13-15-6-7-16(20-2)17(11-15)21-3/h6-7,11,14,18H,4-5,8-10,12-13H2,1-3H3. The van der Waals surface area contributed by atoms with Gasteiger partial charge in [-0.3, -0.25) is 4.90 Å². The molecule has 1 fully saturated rings. The summed E-state index contributed by atoms with van der Waals surface area (Å²) in [5.41, 5.74) is 1.29. The average molecular weight is 292 g/mol. The zero-order valence-electron chi connectivity index (χ0n) is 13.5. The quantitative estimate of drug-likeness (QED) is 0.747. The Kier molecular flexibility index (Phi) is 6.33. The van der Waals surface area contributed by atoms with Crippen molar-refractivity contribution < 1.29 is 9.47 Å². The van der Waals surface area contributed by atoms with Crippen molar-refractivity contribution in [2.45, 2.75) is 25.8 Å². The van der Waals surface area contributed by atoms with Gasteiger partial charge >= 0.3 is 0 Å². The molecule has 0 radical (unpaired) electrons. The molecule has 1 atom stereocenters. The van der Waals surface area contributed by atoms with Crippen LogP contribution in [0.1, 0.15) is 24.8 Å². The average Bonchev–Trinajstić information content (AvgIpc) is 2.95. The monoisotopic (exact) mass is 292 g/mol. The Bertz CT molecular complexity index is 437. The van der Waals surface area contributed by atoms with Crippen LogP contribution in [0.2, 0.25) is 0 Å². The Morgan fingerprint density at radius 2 is 2.05 bits per heavy atom. The Morgan fingerprint density at radius 1 is 1.24 bits per heavy atom. The fourth-order valence-electron chi connectivity index (χ4n) is 3.10. The van der Waals surface area contributed by atoms with Gasteiger partial charge in [-0.2, -0.15) is 0 Å². The SMILES string of the molecule is CNCCCC1CCN(Cc2ccc(OC)c(OC)c2)C1. The lowest BCUT2D eigenvalue weighted by atomic mass is 10.0. The molecule has 4 nitrogen and oxygen atoms in total. The van der Waals surface area contributed by atoms with Crippen molar-refractivity contribution in [2.75, 3.05) is 40.9 Å². The molecular weight excluding hydrogens is 264 g/mol. The van der Waals surface area contributed by atoms with E-state index in [1.807, 2.05) is 13.1 Å². The highest BCUT2D eigenvalue weighted by Crippen LogP contribution is 2.29. The van der Waals surface area contributed by atoms with E-state index in [0.29, 0.717) is 0 Å². The number of likely N-dealkylation sites (tertiary alicyclic amines) is 1. The van der Waals surface area contributed by atoms with Crippen molar-refractivity contribution in [3.8, 4) is 11.5 Å². The minimum Gasteiger partial charge on any atom is -0.493 e. The first-order chi connectivity index (χ1) is 10.3. The minimum absolute atomic E-state index is 0.799. The topological polar surface area (TPSA) is 33.7 Å². The highest BCUT2D eigenvalue weighted by molar-refractivity contribution is 5.42. The molecule has 1 N–H and O–H groups in total. The molecule has 0 amide bonds. The molecule has 1 unspecified atom stereocenters. The summed E-state index contributed by atoms with van der Waals surface area (Å²) in [7, 11) is 5.39. The molecule has 118 valence electrons.